The number of anilines is 1. The summed E-state index contributed by atoms with van der Waals surface area (Å²) in [6, 6.07) is 3.49. The standard InChI is InChI=1S/C15H24N4O2/c1-5-16-11-6-8-17-12(10-11)14(21)18-9-7-13(20)19-15(2,3)4/h6,8,10H,5,7,9H2,1-4H3,(H,16,17)(H,18,21)(H,19,20). The molecule has 1 rings (SSSR count). The van der Waals surface area contributed by atoms with Crippen LogP contribution in [0.3, 0.4) is 0 Å². The number of amides is 2. The van der Waals surface area contributed by atoms with Crippen molar-refractivity contribution in [1.82, 2.24) is 15.6 Å². The minimum atomic E-state index is -0.279. The highest BCUT2D eigenvalue weighted by molar-refractivity contribution is 5.93. The lowest BCUT2D eigenvalue weighted by Gasteiger charge is -2.20. The molecule has 0 spiro atoms. The molecule has 0 aliphatic carbocycles. The van der Waals surface area contributed by atoms with Crippen molar-refractivity contribution in [2.45, 2.75) is 39.7 Å². The van der Waals surface area contributed by atoms with Gasteiger partial charge in [0.25, 0.3) is 5.91 Å². The molecule has 0 saturated heterocycles. The third kappa shape index (κ3) is 6.74. The summed E-state index contributed by atoms with van der Waals surface area (Å²) in [6.45, 7) is 8.79. The molecule has 0 aliphatic heterocycles. The Kier molecular flexibility index (Phi) is 6.14. The molecule has 0 aliphatic rings. The monoisotopic (exact) mass is 292 g/mol. The molecule has 6 nitrogen and oxygen atoms in total. The van der Waals surface area contributed by atoms with Gasteiger partial charge in [0.05, 0.1) is 0 Å². The summed E-state index contributed by atoms with van der Waals surface area (Å²) in [5.74, 6) is -0.365. The molecule has 0 bridgehead atoms. The van der Waals surface area contributed by atoms with E-state index in [1.807, 2.05) is 27.7 Å². The maximum Gasteiger partial charge on any atom is 0.269 e. The van der Waals surface area contributed by atoms with Crippen LogP contribution in [0.15, 0.2) is 18.3 Å². The van der Waals surface area contributed by atoms with E-state index >= 15 is 0 Å². The number of nitrogens with zero attached hydrogens (tertiary/aromatic N) is 1. The van der Waals surface area contributed by atoms with E-state index in [0.717, 1.165) is 12.2 Å². The van der Waals surface area contributed by atoms with Gasteiger partial charge in [-0.15, -0.1) is 0 Å². The van der Waals surface area contributed by atoms with Gasteiger partial charge in [-0.2, -0.15) is 0 Å². The lowest BCUT2D eigenvalue weighted by molar-refractivity contribution is -0.122. The Morgan fingerprint density at radius 3 is 2.62 bits per heavy atom. The van der Waals surface area contributed by atoms with Gasteiger partial charge in [-0.05, 0) is 39.8 Å². The minimum Gasteiger partial charge on any atom is -0.385 e. The predicted octanol–water partition coefficient (Wildman–Crippen LogP) is 1.55. The molecule has 0 aromatic carbocycles. The molecule has 0 saturated carbocycles. The quantitative estimate of drug-likeness (QED) is 0.743. The Morgan fingerprint density at radius 1 is 1.29 bits per heavy atom. The van der Waals surface area contributed by atoms with Gasteiger partial charge in [0.1, 0.15) is 5.69 Å². The minimum absolute atomic E-state index is 0.0860. The summed E-state index contributed by atoms with van der Waals surface area (Å²) in [5.41, 5.74) is 0.927. The molecule has 0 radical (unpaired) electrons. The molecular weight excluding hydrogens is 268 g/mol. The summed E-state index contributed by atoms with van der Waals surface area (Å²) >= 11 is 0. The van der Waals surface area contributed by atoms with Gasteiger partial charge in [0, 0.05) is 36.9 Å². The third-order valence-electron chi connectivity index (χ3n) is 2.53. The second-order valence-electron chi connectivity index (χ2n) is 5.76. The van der Waals surface area contributed by atoms with Gasteiger partial charge in [0.15, 0.2) is 0 Å². The number of nitrogens with one attached hydrogen (secondary N) is 3. The Balaban J connectivity index is 2.44. The highest BCUT2D eigenvalue weighted by atomic mass is 16.2. The third-order valence-corrected chi connectivity index (χ3v) is 2.53. The fraction of sp³-hybridized carbons (Fsp3) is 0.533. The first-order valence-electron chi connectivity index (χ1n) is 7.11. The SMILES string of the molecule is CCNc1ccnc(C(=O)NCCC(=O)NC(C)(C)C)c1. The van der Waals surface area contributed by atoms with Crippen molar-refractivity contribution in [2.75, 3.05) is 18.4 Å². The zero-order valence-electron chi connectivity index (χ0n) is 13.1. The normalized spacial score (nSPS) is 10.9. The first kappa shape index (κ1) is 16.9. The van der Waals surface area contributed by atoms with E-state index in [0.29, 0.717) is 5.69 Å². The van der Waals surface area contributed by atoms with Crippen LogP contribution in [0.5, 0.6) is 0 Å². The van der Waals surface area contributed by atoms with E-state index < -0.39 is 0 Å². The smallest absolute Gasteiger partial charge is 0.269 e. The maximum absolute atomic E-state index is 11.9. The lowest BCUT2D eigenvalue weighted by Crippen LogP contribution is -2.42. The number of aromatic nitrogens is 1. The molecule has 21 heavy (non-hydrogen) atoms. The van der Waals surface area contributed by atoms with Crippen LogP contribution >= 0.6 is 0 Å². The molecule has 116 valence electrons. The highest BCUT2D eigenvalue weighted by Gasteiger charge is 2.14. The van der Waals surface area contributed by atoms with Crippen molar-refractivity contribution in [1.29, 1.82) is 0 Å². The number of hydrogen-bond acceptors (Lipinski definition) is 4. The molecular formula is C15H24N4O2. The summed E-state index contributed by atoms with van der Waals surface area (Å²) in [7, 11) is 0. The van der Waals surface area contributed by atoms with E-state index in [1.165, 1.54) is 0 Å². The fourth-order valence-electron chi connectivity index (χ4n) is 1.73. The van der Waals surface area contributed by atoms with Crippen molar-refractivity contribution >= 4 is 17.5 Å². The summed E-state index contributed by atoms with van der Waals surface area (Å²) in [5, 5.41) is 8.66. The Hall–Kier alpha value is -2.11. The van der Waals surface area contributed by atoms with Gasteiger partial charge in [-0.1, -0.05) is 0 Å². The Morgan fingerprint density at radius 2 is 2.00 bits per heavy atom. The summed E-state index contributed by atoms with van der Waals surface area (Å²) < 4.78 is 0. The van der Waals surface area contributed by atoms with Crippen molar-refractivity contribution < 1.29 is 9.59 Å². The van der Waals surface area contributed by atoms with Crippen molar-refractivity contribution in [3.8, 4) is 0 Å². The lowest BCUT2D eigenvalue weighted by atomic mass is 10.1. The molecule has 0 atom stereocenters. The molecule has 0 unspecified atom stereocenters. The number of pyridine rings is 1. The molecule has 3 N–H and O–H groups in total. The van der Waals surface area contributed by atoms with Gasteiger partial charge in [-0.3, -0.25) is 14.6 Å². The van der Waals surface area contributed by atoms with Crippen molar-refractivity contribution in [3.63, 3.8) is 0 Å². The number of carbonyl (C=O) groups excluding carboxylic acids is 2. The van der Waals surface area contributed by atoms with Crippen LogP contribution in [0.25, 0.3) is 0 Å². The van der Waals surface area contributed by atoms with Crippen molar-refractivity contribution in [3.05, 3.63) is 24.0 Å². The first-order valence-corrected chi connectivity index (χ1v) is 7.11. The van der Waals surface area contributed by atoms with E-state index in [1.54, 1.807) is 18.3 Å². The summed E-state index contributed by atoms with van der Waals surface area (Å²) in [6.07, 6.45) is 1.83. The van der Waals surface area contributed by atoms with Crippen LogP contribution in [-0.2, 0) is 4.79 Å². The van der Waals surface area contributed by atoms with Crippen LogP contribution in [0, 0.1) is 0 Å². The van der Waals surface area contributed by atoms with Gasteiger partial charge in [0.2, 0.25) is 5.91 Å². The second kappa shape index (κ2) is 7.61. The Bertz CT molecular complexity index is 495. The largest absolute Gasteiger partial charge is 0.385 e. The number of hydrogen-bond donors (Lipinski definition) is 3. The molecule has 0 fully saturated rings. The average Bonchev–Trinajstić information content (AvgIpc) is 2.37. The van der Waals surface area contributed by atoms with E-state index in [9.17, 15) is 9.59 Å². The van der Waals surface area contributed by atoms with Gasteiger partial charge in [-0.25, -0.2) is 0 Å². The number of rotatable bonds is 6. The van der Waals surface area contributed by atoms with E-state index in [-0.39, 0.29) is 30.3 Å². The fourth-order valence-corrected chi connectivity index (χ4v) is 1.73. The Labute approximate surface area is 125 Å². The van der Waals surface area contributed by atoms with Crippen LogP contribution in [0.1, 0.15) is 44.6 Å². The second-order valence-corrected chi connectivity index (χ2v) is 5.76. The van der Waals surface area contributed by atoms with Crippen LogP contribution < -0.4 is 16.0 Å². The van der Waals surface area contributed by atoms with Crippen LogP contribution in [0.4, 0.5) is 5.69 Å². The maximum atomic E-state index is 11.9. The predicted molar refractivity (Wildman–Crippen MR) is 83.2 cm³/mol. The van der Waals surface area contributed by atoms with E-state index in [4.69, 9.17) is 0 Å². The zero-order chi connectivity index (χ0) is 15.9. The molecule has 1 aromatic rings. The number of carbonyl (C=O) groups is 2. The van der Waals surface area contributed by atoms with Crippen LogP contribution in [0.2, 0.25) is 0 Å². The summed E-state index contributed by atoms with van der Waals surface area (Å²) in [4.78, 5) is 27.6. The first-order chi connectivity index (χ1) is 9.81. The van der Waals surface area contributed by atoms with E-state index in [2.05, 4.69) is 20.9 Å². The van der Waals surface area contributed by atoms with Crippen molar-refractivity contribution in [2.24, 2.45) is 0 Å². The topological polar surface area (TPSA) is 83.1 Å². The zero-order valence-corrected chi connectivity index (χ0v) is 13.1. The average molecular weight is 292 g/mol. The highest BCUT2D eigenvalue weighted by Crippen LogP contribution is 2.07. The molecule has 6 heteroatoms. The van der Waals surface area contributed by atoms with Crippen LogP contribution in [-0.4, -0.2) is 35.4 Å². The van der Waals surface area contributed by atoms with Gasteiger partial charge >= 0.3 is 0 Å². The van der Waals surface area contributed by atoms with Gasteiger partial charge < -0.3 is 16.0 Å². The molecule has 2 amide bonds. The molecule has 1 heterocycles. The molecule has 1 aromatic heterocycles.